The van der Waals surface area contributed by atoms with E-state index >= 15 is 0 Å². The molecule has 1 aliphatic rings. The van der Waals surface area contributed by atoms with Crippen LogP contribution in [0.3, 0.4) is 0 Å². The Morgan fingerprint density at radius 3 is 2.62 bits per heavy atom. The number of nitrogens with zero attached hydrogens (tertiary/aromatic N) is 3. The van der Waals surface area contributed by atoms with Gasteiger partial charge >= 0.3 is 0 Å². The van der Waals surface area contributed by atoms with Crippen molar-refractivity contribution in [2.45, 2.75) is 30.2 Å². The lowest BCUT2D eigenvalue weighted by molar-refractivity contribution is 0.0671. The fraction of sp³-hybridized carbons (Fsp3) is 0.483. The molecule has 1 fully saturated rings. The van der Waals surface area contributed by atoms with Crippen molar-refractivity contribution >= 4 is 22.7 Å². The smallest absolute Gasteiger partial charge is 0.127 e. The lowest BCUT2D eigenvalue weighted by Gasteiger charge is -2.39. The van der Waals surface area contributed by atoms with E-state index in [-0.39, 0.29) is 18.6 Å². The highest BCUT2D eigenvalue weighted by Crippen LogP contribution is 2.35. The normalized spacial score (nSPS) is 19.4. The number of aromatic nitrogens is 1. The summed E-state index contributed by atoms with van der Waals surface area (Å²) in [5.41, 5.74) is 2.21. The van der Waals surface area contributed by atoms with Gasteiger partial charge in [-0.25, -0.2) is 8.78 Å². The van der Waals surface area contributed by atoms with Gasteiger partial charge in [-0.05, 0) is 93.7 Å². The Labute approximate surface area is 222 Å². The number of fused-ring (bicyclic) bond motifs is 1. The van der Waals surface area contributed by atoms with Crippen LogP contribution >= 0.6 is 11.8 Å². The maximum absolute atomic E-state index is 13.4. The molecule has 8 heteroatoms. The Hall–Kier alpha value is -2.26. The summed E-state index contributed by atoms with van der Waals surface area (Å²) >= 11 is 1.47. The minimum absolute atomic E-state index is 0.172. The first-order valence-corrected chi connectivity index (χ1v) is 13.9. The quantitative estimate of drug-likeness (QED) is 0.325. The van der Waals surface area contributed by atoms with Gasteiger partial charge in [0, 0.05) is 54.0 Å². The molecule has 0 saturated carbocycles. The fourth-order valence-corrected chi connectivity index (χ4v) is 6.46. The second-order valence-corrected chi connectivity index (χ2v) is 11.3. The number of hydrogen-bond donors (Lipinski definition) is 1. The van der Waals surface area contributed by atoms with Gasteiger partial charge in [-0.1, -0.05) is 0 Å². The minimum atomic E-state index is -0.543. The maximum atomic E-state index is 13.4. The monoisotopic (exact) mass is 529 g/mol. The molecule has 1 N–H and O–H groups in total. The summed E-state index contributed by atoms with van der Waals surface area (Å²) in [4.78, 5) is 9.79. The van der Waals surface area contributed by atoms with Crippen LogP contribution in [-0.4, -0.2) is 73.1 Å². The van der Waals surface area contributed by atoms with Gasteiger partial charge in [-0.2, -0.15) is 0 Å². The molecule has 0 radical (unpaired) electrons. The van der Waals surface area contributed by atoms with Crippen LogP contribution in [0.2, 0.25) is 0 Å². The van der Waals surface area contributed by atoms with Crippen LogP contribution in [0, 0.1) is 23.5 Å². The molecular formula is C29H37F2N3O2S. The molecule has 0 aliphatic carbocycles. The molecule has 1 saturated heterocycles. The van der Waals surface area contributed by atoms with Crippen LogP contribution < -0.4 is 4.74 Å². The summed E-state index contributed by atoms with van der Waals surface area (Å²) in [7, 11) is 5.92. The number of benzene rings is 2. The van der Waals surface area contributed by atoms with Crippen molar-refractivity contribution in [3.8, 4) is 5.75 Å². The number of likely N-dealkylation sites (tertiary alicyclic amines) is 1. The highest BCUT2D eigenvalue weighted by Gasteiger charge is 2.30. The zero-order valence-corrected chi connectivity index (χ0v) is 22.7. The van der Waals surface area contributed by atoms with Crippen molar-refractivity contribution in [2.24, 2.45) is 11.8 Å². The van der Waals surface area contributed by atoms with E-state index in [1.807, 2.05) is 18.3 Å². The van der Waals surface area contributed by atoms with E-state index < -0.39 is 11.6 Å². The maximum Gasteiger partial charge on any atom is 0.127 e. The van der Waals surface area contributed by atoms with E-state index in [9.17, 15) is 13.9 Å². The number of ether oxygens (including phenoxy) is 1. The van der Waals surface area contributed by atoms with Gasteiger partial charge in [-0.15, -0.1) is 11.8 Å². The lowest BCUT2D eigenvalue weighted by Crippen LogP contribution is -2.43. The van der Waals surface area contributed by atoms with Gasteiger partial charge < -0.3 is 19.6 Å². The molecule has 2 aromatic carbocycles. The van der Waals surface area contributed by atoms with E-state index in [0.717, 1.165) is 67.4 Å². The second kappa shape index (κ2) is 13.0. The summed E-state index contributed by atoms with van der Waals surface area (Å²) in [5, 5.41) is 11.3. The highest BCUT2D eigenvalue weighted by molar-refractivity contribution is 7.99. The molecule has 0 bridgehead atoms. The summed E-state index contributed by atoms with van der Waals surface area (Å²) in [6.45, 7) is 2.82. The Balaban J connectivity index is 1.35. The number of thioether (sulfide) groups is 1. The van der Waals surface area contributed by atoms with E-state index in [4.69, 9.17) is 4.74 Å². The summed E-state index contributed by atoms with van der Waals surface area (Å²) in [6.07, 6.45) is 4.94. The van der Waals surface area contributed by atoms with Crippen molar-refractivity contribution < 1.29 is 18.6 Å². The van der Waals surface area contributed by atoms with Crippen molar-refractivity contribution in [3.63, 3.8) is 0 Å². The van der Waals surface area contributed by atoms with Gasteiger partial charge in [0.05, 0.1) is 12.6 Å². The fourth-order valence-electron chi connectivity index (χ4n) is 5.48. The molecular weight excluding hydrogens is 492 g/mol. The predicted octanol–water partition coefficient (Wildman–Crippen LogP) is 5.63. The molecule has 4 rings (SSSR count). The second-order valence-electron chi connectivity index (χ2n) is 10.1. The molecule has 37 heavy (non-hydrogen) atoms. The standard InChI is InChI=1S/C29H37F2N3O2S/c1-33(2)29(26-8-10-32-28-6-5-24(36-3)17-27(26)28)7-4-20-9-11-34(18-21(20)19-35)12-13-37-25-15-22(30)14-23(31)16-25/h5-6,8,10,14-17,20-21,29,35H,4,7,9,11-13,18-19H2,1-3H3/t20-,21-,29?/m1/s1. The number of pyridine rings is 1. The molecule has 0 spiro atoms. The molecule has 5 nitrogen and oxygen atoms in total. The van der Waals surface area contributed by atoms with Crippen molar-refractivity contribution in [1.82, 2.24) is 14.8 Å². The first-order chi connectivity index (χ1) is 17.9. The number of aliphatic hydroxyl groups is 1. The first-order valence-electron chi connectivity index (χ1n) is 12.9. The van der Waals surface area contributed by atoms with E-state index in [0.29, 0.717) is 10.8 Å². The molecule has 1 unspecified atom stereocenters. The van der Waals surface area contributed by atoms with E-state index in [1.54, 1.807) is 7.11 Å². The topological polar surface area (TPSA) is 48.8 Å². The summed E-state index contributed by atoms with van der Waals surface area (Å²) < 4.78 is 32.4. The number of piperidine rings is 1. The molecule has 3 atom stereocenters. The SMILES string of the molecule is COc1ccc2nccc(C(CC[C@@H]3CCN(CCSc4cc(F)cc(F)c4)C[C@@H]3CO)N(C)C)c2c1. The van der Waals surface area contributed by atoms with E-state index in [1.165, 1.54) is 29.5 Å². The van der Waals surface area contributed by atoms with Gasteiger partial charge in [0.15, 0.2) is 0 Å². The number of hydrogen-bond acceptors (Lipinski definition) is 6. The summed E-state index contributed by atoms with van der Waals surface area (Å²) in [6, 6.07) is 12.0. The number of halogens is 2. The Morgan fingerprint density at radius 2 is 1.92 bits per heavy atom. The average Bonchev–Trinajstić information content (AvgIpc) is 2.88. The Kier molecular flexibility index (Phi) is 9.76. The van der Waals surface area contributed by atoms with E-state index in [2.05, 4.69) is 41.0 Å². The third kappa shape index (κ3) is 7.19. The predicted molar refractivity (Wildman–Crippen MR) is 146 cm³/mol. The van der Waals surface area contributed by atoms with Gasteiger partial charge in [-0.3, -0.25) is 4.98 Å². The third-order valence-corrected chi connectivity index (χ3v) is 8.45. The van der Waals surface area contributed by atoms with Crippen LogP contribution in [0.1, 0.15) is 30.9 Å². The molecule has 0 amide bonds. The van der Waals surface area contributed by atoms with Crippen molar-refractivity contribution in [2.75, 3.05) is 53.2 Å². The molecule has 2 heterocycles. The zero-order valence-electron chi connectivity index (χ0n) is 21.9. The number of methoxy groups -OCH3 is 1. The van der Waals surface area contributed by atoms with Crippen LogP contribution in [-0.2, 0) is 0 Å². The minimum Gasteiger partial charge on any atom is -0.497 e. The molecule has 3 aromatic rings. The lowest BCUT2D eigenvalue weighted by atomic mass is 9.81. The molecule has 200 valence electrons. The van der Waals surface area contributed by atoms with Crippen LogP contribution in [0.4, 0.5) is 8.78 Å². The zero-order chi connectivity index (χ0) is 26.4. The van der Waals surface area contributed by atoms with Gasteiger partial charge in [0.1, 0.15) is 17.4 Å². The van der Waals surface area contributed by atoms with Crippen LogP contribution in [0.25, 0.3) is 10.9 Å². The first kappa shape index (κ1) is 27.8. The van der Waals surface area contributed by atoms with Gasteiger partial charge in [0.2, 0.25) is 0 Å². The molecule has 1 aliphatic heterocycles. The van der Waals surface area contributed by atoms with Gasteiger partial charge in [0.25, 0.3) is 0 Å². The highest BCUT2D eigenvalue weighted by atomic mass is 32.2. The van der Waals surface area contributed by atoms with Crippen LogP contribution in [0.15, 0.2) is 53.6 Å². The van der Waals surface area contributed by atoms with Crippen LogP contribution in [0.5, 0.6) is 5.75 Å². The Bertz CT molecular complexity index is 1160. The number of aliphatic hydroxyl groups excluding tert-OH is 1. The molecule has 1 aromatic heterocycles. The van der Waals surface area contributed by atoms with Crippen molar-refractivity contribution in [1.29, 1.82) is 0 Å². The average molecular weight is 530 g/mol. The van der Waals surface area contributed by atoms with Crippen molar-refractivity contribution in [3.05, 3.63) is 65.9 Å². The summed E-state index contributed by atoms with van der Waals surface area (Å²) in [5.74, 6) is 1.18. The Morgan fingerprint density at radius 1 is 1.14 bits per heavy atom. The third-order valence-electron chi connectivity index (χ3n) is 7.50. The largest absolute Gasteiger partial charge is 0.497 e. The number of rotatable bonds is 11.